The van der Waals surface area contributed by atoms with Crippen molar-refractivity contribution in [1.29, 1.82) is 0 Å². The minimum absolute atomic E-state index is 0.334. The van der Waals surface area contributed by atoms with E-state index in [-0.39, 0.29) is 0 Å². The smallest absolute Gasteiger partial charge is 0.144 e. The standard InChI is InChI=1S/C16H26N2O/c1-4-10-19-14-9-7-8-13-15(14)18-12-16(5-2,6-3)11-17-13/h7-9,17-18H,4-6,10-12H2,1-3H3. The van der Waals surface area contributed by atoms with Gasteiger partial charge in [0.05, 0.1) is 12.3 Å². The minimum atomic E-state index is 0.334. The molecule has 1 aromatic rings. The van der Waals surface area contributed by atoms with Crippen LogP contribution >= 0.6 is 0 Å². The van der Waals surface area contributed by atoms with Gasteiger partial charge in [0.15, 0.2) is 0 Å². The molecule has 0 saturated carbocycles. The molecule has 0 aliphatic carbocycles. The summed E-state index contributed by atoms with van der Waals surface area (Å²) in [6, 6.07) is 6.24. The maximum Gasteiger partial charge on any atom is 0.144 e. The van der Waals surface area contributed by atoms with Gasteiger partial charge in [-0.25, -0.2) is 0 Å². The summed E-state index contributed by atoms with van der Waals surface area (Å²) in [5.41, 5.74) is 2.62. The quantitative estimate of drug-likeness (QED) is 0.837. The van der Waals surface area contributed by atoms with E-state index in [4.69, 9.17) is 4.74 Å². The molecule has 3 nitrogen and oxygen atoms in total. The lowest BCUT2D eigenvalue weighted by molar-refractivity contribution is 0.305. The van der Waals surface area contributed by atoms with Crippen LogP contribution in [0.15, 0.2) is 18.2 Å². The number of ether oxygens (including phenoxy) is 1. The van der Waals surface area contributed by atoms with Gasteiger partial charge >= 0.3 is 0 Å². The van der Waals surface area contributed by atoms with E-state index >= 15 is 0 Å². The maximum absolute atomic E-state index is 5.84. The first kappa shape index (κ1) is 14.0. The van der Waals surface area contributed by atoms with Crippen molar-refractivity contribution in [3.05, 3.63) is 18.2 Å². The number of hydrogen-bond acceptors (Lipinski definition) is 3. The van der Waals surface area contributed by atoms with Crippen LogP contribution in [0.3, 0.4) is 0 Å². The molecule has 106 valence electrons. The Morgan fingerprint density at radius 1 is 1.11 bits per heavy atom. The molecule has 0 bridgehead atoms. The van der Waals surface area contributed by atoms with E-state index in [0.717, 1.165) is 43.2 Å². The first-order chi connectivity index (χ1) is 9.24. The highest BCUT2D eigenvalue weighted by Gasteiger charge is 2.29. The van der Waals surface area contributed by atoms with Crippen LogP contribution in [0.2, 0.25) is 0 Å². The molecule has 0 unspecified atom stereocenters. The highest BCUT2D eigenvalue weighted by atomic mass is 16.5. The number of anilines is 2. The Labute approximate surface area is 116 Å². The number of para-hydroxylation sites is 1. The predicted molar refractivity (Wildman–Crippen MR) is 82.2 cm³/mol. The summed E-state index contributed by atoms with van der Waals surface area (Å²) in [6.07, 6.45) is 3.40. The van der Waals surface area contributed by atoms with Gasteiger partial charge < -0.3 is 15.4 Å². The first-order valence-electron chi connectivity index (χ1n) is 7.48. The fourth-order valence-corrected chi connectivity index (χ4v) is 2.56. The fourth-order valence-electron chi connectivity index (χ4n) is 2.56. The van der Waals surface area contributed by atoms with Gasteiger partial charge in [0.25, 0.3) is 0 Å². The molecule has 0 aromatic heterocycles. The Bertz CT molecular complexity index is 413. The lowest BCUT2D eigenvalue weighted by atomic mass is 9.82. The van der Waals surface area contributed by atoms with E-state index in [1.165, 1.54) is 12.8 Å². The van der Waals surface area contributed by atoms with Crippen molar-refractivity contribution in [2.75, 3.05) is 30.3 Å². The Kier molecular flexibility index (Phi) is 4.56. The van der Waals surface area contributed by atoms with E-state index in [0.29, 0.717) is 5.41 Å². The van der Waals surface area contributed by atoms with Crippen molar-refractivity contribution >= 4 is 11.4 Å². The van der Waals surface area contributed by atoms with Gasteiger partial charge in [0, 0.05) is 18.5 Å². The second-order valence-corrected chi connectivity index (χ2v) is 5.44. The maximum atomic E-state index is 5.84. The Balaban J connectivity index is 2.22. The third-order valence-corrected chi connectivity index (χ3v) is 4.28. The van der Waals surface area contributed by atoms with Gasteiger partial charge in [0.2, 0.25) is 0 Å². The van der Waals surface area contributed by atoms with E-state index < -0.39 is 0 Å². The zero-order valence-electron chi connectivity index (χ0n) is 12.4. The van der Waals surface area contributed by atoms with Gasteiger partial charge in [-0.05, 0) is 31.4 Å². The van der Waals surface area contributed by atoms with Crippen LogP contribution in [-0.2, 0) is 0 Å². The summed E-state index contributed by atoms with van der Waals surface area (Å²) in [6.45, 7) is 9.48. The van der Waals surface area contributed by atoms with Crippen molar-refractivity contribution in [2.45, 2.75) is 40.0 Å². The number of rotatable bonds is 5. The molecule has 1 heterocycles. The summed E-state index contributed by atoms with van der Waals surface area (Å²) in [7, 11) is 0. The van der Waals surface area contributed by atoms with Crippen LogP contribution in [0, 0.1) is 5.41 Å². The van der Waals surface area contributed by atoms with Crippen LogP contribution in [0.5, 0.6) is 5.75 Å². The molecule has 0 atom stereocenters. The van der Waals surface area contributed by atoms with Gasteiger partial charge in [-0.1, -0.05) is 26.8 Å². The highest BCUT2D eigenvalue weighted by Crippen LogP contribution is 2.38. The van der Waals surface area contributed by atoms with Crippen molar-refractivity contribution in [3.63, 3.8) is 0 Å². The van der Waals surface area contributed by atoms with Crippen molar-refractivity contribution in [1.82, 2.24) is 0 Å². The predicted octanol–water partition coefficient (Wildman–Crippen LogP) is 4.12. The molecule has 1 aliphatic heterocycles. The molecule has 3 heteroatoms. The van der Waals surface area contributed by atoms with E-state index in [1.54, 1.807) is 0 Å². The van der Waals surface area contributed by atoms with Crippen LogP contribution in [0.4, 0.5) is 11.4 Å². The summed E-state index contributed by atoms with van der Waals surface area (Å²) in [5, 5.41) is 7.20. The van der Waals surface area contributed by atoms with Gasteiger partial charge in [0.1, 0.15) is 11.4 Å². The van der Waals surface area contributed by atoms with Gasteiger partial charge in [-0.15, -0.1) is 0 Å². The molecule has 0 spiro atoms. The third kappa shape index (κ3) is 2.96. The molecule has 19 heavy (non-hydrogen) atoms. The third-order valence-electron chi connectivity index (χ3n) is 4.28. The molecule has 1 aliphatic rings. The number of fused-ring (bicyclic) bond motifs is 1. The Morgan fingerprint density at radius 3 is 2.53 bits per heavy atom. The molecular weight excluding hydrogens is 236 g/mol. The van der Waals surface area contributed by atoms with Crippen LogP contribution < -0.4 is 15.4 Å². The fraction of sp³-hybridized carbons (Fsp3) is 0.625. The van der Waals surface area contributed by atoms with Crippen LogP contribution in [0.1, 0.15) is 40.0 Å². The second-order valence-electron chi connectivity index (χ2n) is 5.44. The SMILES string of the molecule is CCCOc1cccc2c1NCC(CC)(CC)CN2. The highest BCUT2D eigenvalue weighted by molar-refractivity contribution is 5.76. The minimum Gasteiger partial charge on any atom is -0.491 e. The Hall–Kier alpha value is -1.38. The molecule has 0 radical (unpaired) electrons. The molecule has 0 amide bonds. The largest absolute Gasteiger partial charge is 0.491 e. The molecule has 2 N–H and O–H groups in total. The second kappa shape index (κ2) is 6.18. The lowest BCUT2D eigenvalue weighted by Crippen LogP contribution is -2.33. The normalized spacial score (nSPS) is 16.8. The van der Waals surface area contributed by atoms with Gasteiger partial charge in [-0.3, -0.25) is 0 Å². The van der Waals surface area contributed by atoms with Crippen LogP contribution in [0.25, 0.3) is 0 Å². The first-order valence-corrected chi connectivity index (χ1v) is 7.48. The summed E-state index contributed by atoms with van der Waals surface area (Å²) >= 11 is 0. The molecular formula is C16H26N2O. The zero-order chi connectivity index (χ0) is 13.7. The van der Waals surface area contributed by atoms with Crippen molar-refractivity contribution in [2.24, 2.45) is 5.41 Å². The summed E-state index contributed by atoms with van der Waals surface area (Å²) in [4.78, 5) is 0. The molecule has 0 fully saturated rings. The van der Waals surface area contributed by atoms with Crippen molar-refractivity contribution in [3.8, 4) is 5.75 Å². The summed E-state index contributed by atoms with van der Waals surface area (Å²) in [5.74, 6) is 0.967. The number of benzene rings is 1. The molecule has 2 rings (SSSR count). The average molecular weight is 262 g/mol. The van der Waals surface area contributed by atoms with Crippen molar-refractivity contribution < 1.29 is 4.74 Å². The van der Waals surface area contributed by atoms with E-state index in [2.05, 4.69) is 43.5 Å². The molecule has 0 saturated heterocycles. The van der Waals surface area contributed by atoms with E-state index in [1.807, 2.05) is 6.07 Å². The van der Waals surface area contributed by atoms with Crippen LogP contribution in [-0.4, -0.2) is 19.7 Å². The van der Waals surface area contributed by atoms with E-state index in [9.17, 15) is 0 Å². The average Bonchev–Trinajstić information content (AvgIpc) is 2.65. The number of hydrogen-bond donors (Lipinski definition) is 2. The lowest BCUT2D eigenvalue weighted by Gasteiger charge is -2.30. The monoisotopic (exact) mass is 262 g/mol. The zero-order valence-corrected chi connectivity index (χ0v) is 12.4. The topological polar surface area (TPSA) is 33.3 Å². The Morgan fingerprint density at radius 2 is 1.84 bits per heavy atom. The molecule has 1 aromatic carbocycles. The number of nitrogens with one attached hydrogen (secondary N) is 2. The summed E-state index contributed by atoms with van der Waals surface area (Å²) < 4.78 is 5.84. The van der Waals surface area contributed by atoms with Gasteiger partial charge in [-0.2, -0.15) is 0 Å².